The third-order valence-electron chi connectivity index (χ3n) is 1.73. The molecular weight excluding hydrogens is 249 g/mol. The van der Waals surface area contributed by atoms with Gasteiger partial charge in [0, 0.05) is 0 Å². The van der Waals surface area contributed by atoms with Crippen molar-refractivity contribution in [3.05, 3.63) is 0 Å². The van der Waals surface area contributed by atoms with E-state index in [0.717, 1.165) is 18.5 Å². The van der Waals surface area contributed by atoms with Gasteiger partial charge in [-0.1, -0.05) is 20.8 Å². The Morgan fingerprint density at radius 3 is 1.27 bits per heavy atom. The molecule has 0 radical (unpaired) electrons. The summed E-state index contributed by atoms with van der Waals surface area (Å²) in [5.74, 6) is 0. The monoisotopic (exact) mass is 263 g/mol. The van der Waals surface area contributed by atoms with Crippen LogP contribution in [0.15, 0.2) is 0 Å². The van der Waals surface area contributed by atoms with Crippen LogP contribution in [0.4, 0.5) is 0 Å². The Hall–Kier alpha value is 1.32. The average Bonchev–Trinajstić information content (AvgIpc) is 2.05. The van der Waals surface area contributed by atoms with Gasteiger partial charge in [-0.05, 0) is 18.5 Å². The molecule has 0 aromatic heterocycles. The molecule has 0 N–H and O–H groups in total. The van der Waals surface area contributed by atoms with Gasteiger partial charge in [0.1, 0.15) is 0 Å². The van der Waals surface area contributed by atoms with Crippen molar-refractivity contribution in [2.45, 2.75) is 20.8 Å². The predicted octanol–water partition coefficient (Wildman–Crippen LogP) is 3.79. The van der Waals surface area contributed by atoms with Crippen LogP contribution in [-0.4, -0.2) is 18.5 Å². The van der Waals surface area contributed by atoms with E-state index in [1.165, 1.54) is 0 Å². The van der Waals surface area contributed by atoms with Crippen LogP contribution in [0.2, 0.25) is 0 Å². The molecule has 73 valence electrons. The van der Waals surface area contributed by atoms with E-state index in [2.05, 4.69) is 0 Å². The molecule has 0 spiro atoms. The van der Waals surface area contributed by atoms with Crippen molar-refractivity contribution in [2.75, 3.05) is 18.5 Å². The van der Waals surface area contributed by atoms with E-state index in [0.29, 0.717) is 12.9 Å². The van der Waals surface area contributed by atoms with Crippen LogP contribution < -0.4 is 0 Å². The molecule has 0 amide bonds. The Morgan fingerprint density at radius 1 is 1.09 bits per heavy atom. The Morgan fingerprint density at radius 2 is 1.27 bits per heavy atom. The van der Waals surface area contributed by atoms with Gasteiger partial charge in [0.15, 0.2) is 0 Å². The second-order valence-corrected chi connectivity index (χ2v) is 7.79. The first-order valence-electron chi connectivity index (χ1n) is 3.50. The van der Waals surface area contributed by atoms with E-state index in [1.54, 1.807) is 0 Å². The van der Waals surface area contributed by atoms with Crippen molar-refractivity contribution in [3.8, 4) is 0 Å². The maximum atomic E-state index is 11.3. The maximum absolute atomic E-state index is 11.3. The first kappa shape index (κ1) is 14.8. The van der Waals surface area contributed by atoms with Gasteiger partial charge in [-0.25, -0.2) is 0 Å². The molecule has 0 aliphatic rings. The fourth-order valence-electron chi connectivity index (χ4n) is 0.671. The van der Waals surface area contributed by atoms with Gasteiger partial charge in [0.05, 0.1) is 7.14 Å². The summed E-state index contributed by atoms with van der Waals surface area (Å²) in [6, 6.07) is 0. The molecule has 1 nitrogen and oxygen atoms in total. The Labute approximate surface area is 84.1 Å². The normalized spacial score (nSPS) is 10.6. The molecule has 0 unspecified atom stereocenters. The van der Waals surface area contributed by atoms with Gasteiger partial charge in [-0.15, -0.1) is 0 Å². The first-order chi connectivity index (χ1) is 5.10. The van der Waals surface area contributed by atoms with Crippen LogP contribution in [0.25, 0.3) is 0 Å². The number of rotatable bonds is 3. The molecule has 0 fully saturated rings. The summed E-state index contributed by atoms with van der Waals surface area (Å²) in [5.41, 5.74) is 0. The van der Waals surface area contributed by atoms with Crippen molar-refractivity contribution in [1.29, 1.82) is 0 Å². The van der Waals surface area contributed by atoms with E-state index in [9.17, 15) is 4.57 Å². The average molecular weight is 264 g/mol. The topological polar surface area (TPSA) is 17.1 Å². The number of hydrogen-bond donors (Lipinski definition) is 0. The molecule has 5 heteroatoms. The van der Waals surface area contributed by atoms with E-state index < -0.39 is 7.14 Å². The zero-order valence-corrected chi connectivity index (χ0v) is 10.5. The quantitative estimate of drug-likeness (QED) is 0.709. The molecule has 0 saturated carbocycles. The van der Waals surface area contributed by atoms with Gasteiger partial charge >= 0.3 is 33.2 Å². The number of halogens is 2. The SMILES string of the molecule is CCP(=O)(CC)CC.[Cl][Co][Cl]. The second-order valence-electron chi connectivity index (χ2n) is 2.05. The molecular formula is C6H15Cl2CoOP. The van der Waals surface area contributed by atoms with Crippen molar-refractivity contribution in [1.82, 2.24) is 0 Å². The third kappa shape index (κ3) is 9.23. The molecule has 0 rings (SSSR count). The van der Waals surface area contributed by atoms with Crippen molar-refractivity contribution >= 4 is 27.4 Å². The molecule has 0 bridgehead atoms. The number of hydrogen-bond acceptors (Lipinski definition) is 1. The Balaban J connectivity index is 0. The summed E-state index contributed by atoms with van der Waals surface area (Å²) < 4.78 is 11.3. The zero-order valence-electron chi connectivity index (χ0n) is 7.07. The van der Waals surface area contributed by atoms with Crippen LogP contribution >= 0.6 is 27.4 Å². The van der Waals surface area contributed by atoms with Crippen LogP contribution in [-0.2, 0) is 17.5 Å². The van der Waals surface area contributed by atoms with E-state index in [1.807, 2.05) is 20.8 Å². The van der Waals surface area contributed by atoms with Crippen LogP contribution in [0.5, 0.6) is 0 Å². The van der Waals surface area contributed by atoms with Crippen LogP contribution in [0.3, 0.4) is 0 Å². The second kappa shape index (κ2) is 9.40. The summed E-state index contributed by atoms with van der Waals surface area (Å²) in [6.45, 7) is 6.02. The standard InChI is InChI=1S/C6H15OP.2ClH.Co/c1-4-8(7,5-2)6-3;;;/h4-6H2,1-3H3;2*1H;/q;;;+2/p-2. The summed E-state index contributed by atoms with van der Waals surface area (Å²) in [7, 11) is 7.80. The molecule has 0 aromatic carbocycles. The van der Waals surface area contributed by atoms with Gasteiger partial charge in [0.2, 0.25) is 0 Å². The van der Waals surface area contributed by atoms with Gasteiger partial charge < -0.3 is 4.57 Å². The summed E-state index contributed by atoms with van der Waals surface area (Å²) in [6.07, 6.45) is 2.62. The van der Waals surface area contributed by atoms with Crippen molar-refractivity contribution in [2.24, 2.45) is 0 Å². The fraction of sp³-hybridized carbons (Fsp3) is 1.00. The van der Waals surface area contributed by atoms with Crippen LogP contribution in [0, 0.1) is 0 Å². The van der Waals surface area contributed by atoms with Crippen molar-refractivity contribution in [3.63, 3.8) is 0 Å². The van der Waals surface area contributed by atoms with E-state index in [4.69, 9.17) is 20.3 Å². The van der Waals surface area contributed by atoms with Gasteiger partial charge in [-0.2, -0.15) is 0 Å². The summed E-state index contributed by atoms with van der Waals surface area (Å²) in [5, 5.41) is 0. The fourth-order valence-corrected chi connectivity index (χ4v) is 2.01. The molecule has 0 aliphatic heterocycles. The summed E-state index contributed by atoms with van der Waals surface area (Å²) in [4.78, 5) is 0. The molecule has 0 aromatic rings. The molecule has 0 heterocycles. The summed E-state index contributed by atoms with van der Waals surface area (Å²) >= 11 is 0.382. The van der Waals surface area contributed by atoms with Gasteiger partial charge in [0.25, 0.3) is 0 Å². The third-order valence-corrected chi connectivity index (χ3v) is 5.19. The van der Waals surface area contributed by atoms with Crippen molar-refractivity contribution < 1.29 is 17.5 Å². The van der Waals surface area contributed by atoms with Crippen LogP contribution in [0.1, 0.15) is 20.8 Å². The predicted molar refractivity (Wildman–Crippen MR) is 50.9 cm³/mol. The van der Waals surface area contributed by atoms with E-state index in [-0.39, 0.29) is 0 Å². The molecule has 11 heavy (non-hydrogen) atoms. The van der Waals surface area contributed by atoms with E-state index >= 15 is 0 Å². The Kier molecular flexibility index (Phi) is 12.7. The van der Waals surface area contributed by atoms with Gasteiger partial charge in [-0.3, -0.25) is 0 Å². The minimum absolute atomic E-state index is 0.382. The minimum atomic E-state index is -1.66. The molecule has 0 atom stereocenters. The zero-order chi connectivity index (χ0) is 9.33. The Bertz CT molecular complexity index is 102. The molecule has 0 saturated heterocycles. The first-order valence-corrected chi connectivity index (χ1v) is 8.63. The molecule has 0 aliphatic carbocycles.